The molecule has 2 saturated carbocycles. The highest BCUT2D eigenvalue weighted by Gasteiger charge is 2.78. The molecular weight excluding hydrogens is 211 g/mol. The van der Waals surface area contributed by atoms with Gasteiger partial charge in [-0.2, -0.15) is 0 Å². The molecule has 2 aliphatic carbocycles. The third kappa shape index (κ3) is 1.08. The first-order chi connectivity index (χ1) is 7.19. The Kier molecular flexibility index (Phi) is 1.91. The van der Waals surface area contributed by atoms with E-state index in [1.165, 1.54) is 0 Å². The second kappa shape index (κ2) is 2.98. The van der Waals surface area contributed by atoms with Crippen molar-refractivity contribution in [1.82, 2.24) is 0 Å². The summed E-state index contributed by atoms with van der Waals surface area (Å²) in [5.74, 6) is 0.0443. The lowest BCUT2D eigenvalue weighted by atomic mass is 9.83. The van der Waals surface area contributed by atoms with E-state index in [-0.39, 0.29) is 11.3 Å². The van der Waals surface area contributed by atoms with Gasteiger partial charge in [0, 0.05) is 5.92 Å². The highest BCUT2D eigenvalue weighted by Crippen LogP contribution is 2.73. The van der Waals surface area contributed by atoms with Crippen molar-refractivity contribution >= 4 is 11.6 Å². The zero-order valence-electron chi connectivity index (χ0n) is 8.55. The first-order valence-electron chi connectivity index (χ1n) is 5.63. The monoisotopic (exact) mass is 224 g/mol. The van der Waals surface area contributed by atoms with Crippen molar-refractivity contribution in [2.24, 2.45) is 5.92 Å². The molecule has 2 heteroatoms. The maximum Gasteiger partial charge on any atom is 0.197 e. The van der Waals surface area contributed by atoms with E-state index in [9.17, 15) is 4.39 Å². The van der Waals surface area contributed by atoms with Gasteiger partial charge in [-0.05, 0) is 18.4 Å². The summed E-state index contributed by atoms with van der Waals surface area (Å²) in [6.45, 7) is 0. The van der Waals surface area contributed by atoms with Crippen molar-refractivity contribution in [2.45, 2.75) is 36.2 Å². The number of rotatable bonds is 1. The Morgan fingerprint density at radius 3 is 2.60 bits per heavy atom. The van der Waals surface area contributed by atoms with Crippen LogP contribution in [0, 0.1) is 5.92 Å². The lowest BCUT2D eigenvalue weighted by Crippen LogP contribution is -2.17. The van der Waals surface area contributed by atoms with Gasteiger partial charge in [0.15, 0.2) is 5.13 Å². The highest BCUT2D eigenvalue weighted by molar-refractivity contribution is 6.26. The predicted molar refractivity (Wildman–Crippen MR) is 59.8 cm³/mol. The van der Waals surface area contributed by atoms with Gasteiger partial charge in [-0.15, -0.1) is 0 Å². The molecule has 0 heterocycles. The topological polar surface area (TPSA) is 0 Å². The summed E-state index contributed by atoms with van der Waals surface area (Å²) in [6, 6.07) is 9.95. The molecule has 0 saturated heterocycles. The minimum absolute atomic E-state index is 0.0443. The van der Waals surface area contributed by atoms with E-state index >= 15 is 0 Å². The second-order valence-corrected chi connectivity index (χ2v) is 5.31. The lowest BCUT2D eigenvalue weighted by Gasteiger charge is -2.21. The number of benzene rings is 1. The Labute approximate surface area is 94.4 Å². The van der Waals surface area contributed by atoms with Crippen molar-refractivity contribution in [2.75, 3.05) is 0 Å². The third-order valence-electron chi connectivity index (χ3n) is 4.15. The molecule has 3 atom stereocenters. The molecule has 1 aromatic carbocycles. The quantitative estimate of drug-likeness (QED) is 0.632. The zero-order valence-corrected chi connectivity index (χ0v) is 9.30. The van der Waals surface area contributed by atoms with E-state index in [0.717, 1.165) is 31.2 Å². The molecule has 0 spiro atoms. The molecule has 0 amide bonds. The van der Waals surface area contributed by atoms with Crippen LogP contribution in [0.25, 0.3) is 0 Å². The first kappa shape index (κ1) is 9.65. The molecule has 0 aliphatic heterocycles. The van der Waals surface area contributed by atoms with Gasteiger partial charge in [-0.3, -0.25) is 0 Å². The standard InChI is InChI=1S/C13H14ClF/c14-13(15)11-8-4-5-9-12(11,13)10-6-2-1-3-7-10/h1-3,6-7,11H,4-5,8-9H2/t11-,12-,13+/m1/s1. The Morgan fingerprint density at radius 1 is 1.20 bits per heavy atom. The number of hydrogen-bond acceptors (Lipinski definition) is 0. The summed E-state index contributed by atoms with van der Waals surface area (Å²) < 4.78 is 14.3. The molecule has 0 radical (unpaired) electrons. The molecule has 0 unspecified atom stereocenters. The Bertz CT molecular complexity index is 373. The number of halogens is 2. The molecule has 2 fully saturated rings. The molecule has 0 aromatic heterocycles. The minimum atomic E-state index is -1.48. The normalized spacial score (nSPS) is 43.5. The predicted octanol–water partition coefficient (Wildman–Crippen LogP) is 4.03. The molecule has 3 rings (SSSR count). The summed E-state index contributed by atoms with van der Waals surface area (Å²) in [6.07, 6.45) is 4.07. The maximum absolute atomic E-state index is 14.3. The second-order valence-electron chi connectivity index (χ2n) is 4.76. The Morgan fingerprint density at radius 2 is 1.93 bits per heavy atom. The first-order valence-corrected chi connectivity index (χ1v) is 6.01. The number of fused-ring (bicyclic) bond motifs is 1. The SMILES string of the molecule is F[C@@]1(Cl)[C@@H]2CCCC[C@@]21c1ccccc1. The van der Waals surface area contributed by atoms with Crippen molar-refractivity contribution < 1.29 is 4.39 Å². The van der Waals surface area contributed by atoms with Crippen LogP contribution in [0.3, 0.4) is 0 Å². The van der Waals surface area contributed by atoms with Crippen LogP contribution in [0.4, 0.5) is 4.39 Å². The van der Waals surface area contributed by atoms with Crippen molar-refractivity contribution in [1.29, 1.82) is 0 Å². The van der Waals surface area contributed by atoms with Gasteiger partial charge in [0.2, 0.25) is 0 Å². The molecule has 0 N–H and O–H groups in total. The van der Waals surface area contributed by atoms with Gasteiger partial charge >= 0.3 is 0 Å². The van der Waals surface area contributed by atoms with Crippen molar-refractivity contribution in [3.63, 3.8) is 0 Å². The molecule has 2 aliphatic rings. The van der Waals surface area contributed by atoms with Crippen LogP contribution in [0.1, 0.15) is 31.2 Å². The van der Waals surface area contributed by atoms with Gasteiger partial charge in [0.1, 0.15) is 0 Å². The molecule has 15 heavy (non-hydrogen) atoms. The van der Waals surface area contributed by atoms with Crippen LogP contribution >= 0.6 is 11.6 Å². The average Bonchev–Trinajstić information content (AvgIpc) is 2.80. The van der Waals surface area contributed by atoms with E-state index in [0.29, 0.717) is 0 Å². The molecule has 1 aromatic rings. The van der Waals surface area contributed by atoms with Crippen LogP contribution < -0.4 is 0 Å². The van der Waals surface area contributed by atoms with Crippen molar-refractivity contribution in [3.05, 3.63) is 35.9 Å². The molecular formula is C13H14ClF. The van der Waals surface area contributed by atoms with Crippen LogP contribution in [-0.2, 0) is 5.41 Å². The summed E-state index contributed by atoms with van der Waals surface area (Å²) >= 11 is 6.04. The van der Waals surface area contributed by atoms with Crippen LogP contribution in [0.5, 0.6) is 0 Å². The number of alkyl halides is 2. The summed E-state index contributed by atoms with van der Waals surface area (Å²) in [5.41, 5.74) is 0.723. The molecule has 0 bridgehead atoms. The summed E-state index contributed by atoms with van der Waals surface area (Å²) in [4.78, 5) is 0. The maximum atomic E-state index is 14.3. The van der Waals surface area contributed by atoms with Gasteiger partial charge in [-0.1, -0.05) is 54.8 Å². The van der Waals surface area contributed by atoms with E-state index in [1.807, 2.05) is 30.3 Å². The van der Waals surface area contributed by atoms with E-state index in [1.54, 1.807) is 0 Å². The van der Waals surface area contributed by atoms with Crippen LogP contribution in [0.15, 0.2) is 30.3 Å². The minimum Gasteiger partial charge on any atom is -0.225 e. The Balaban J connectivity index is 2.04. The molecule has 0 nitrogen and oxygen atoms in total. The lowest BCUT2D eigenvalue weighted by molar-refractivity contribution is 0.359. The van der Waals surface area contributed by atoms with Gasteiger partial charge in [0.25, 0.3) is 0 Å². The zero-order chi connectivity index (χ0) is 10.5. The fourth-order valence-corrected chi connectivity index (χ4v) is 3.90. The van der Waals surface area contributed by atoms with E-state index < -0.39 is 5.13 Å². The van der Waals surface area contributed by atoms with Gasteiger partial charge in [-0.25, -0.2) is 4.39 Å². The summed E-state index contributed by atoms with van der Waals surface area (Å²) in [5, 5.41) is -1.48. The van der Waals surface area contributed by atoms with Gasteiger partial charge in [0.05, 0.1) is 5.41 Å². The average molecular weight is 225 g/mol. The Hall–Kier alpha value is -0.560. The largest absolute Gasteiger partial charge is 0.225 e. The van der Waals surface area contributed by atoms with E-state index in [4.69, 9.17) is 11.6 Å². The fourth-order valence-electron chi connectivity index (χ4n) is 3.33. The highest BCUT2D eigenvalue weighted by atomic mass is 35.5. The van der Waals surface area contributed by atoms with Crippen molar-refractivity contribution in [3.8, 4) is 0 Å². The third-order valence-corrected chi connectivity index (χ3v) is 4.75. The molecule has 80 valence electrons. The number of hydrogen-bond donors (Lipinski definition) is 0. The van der Waals surface area contributed by atoms with Crippen LogP contribution in [0.2, 0.25) is 0 Å². The van der Waals surface area contributed by atoms with Gasteiger partial charge < -0.3 is 0 Å². The fraction of sp³-hybridized carbons (Fsp3) is 0.538. The van der Waals surface area contributed by atoms with E-state index in [2.05, 4.69) is 0 Å². The smallest absolute Gasteiger partial charge is 0.197 e. The van der Waals surface area contributed by atoms with Crippen LogP contribution in [-0.4, -0.2) is 5.13 Å². The summed E-state index contributed by atoms with van der Waals surface area (Å²) in [7, 11) is 0.